The third-order valence-corrected chi connectivity index (χ3v) is 8.94. The number of amides is 3. The Hall–Kier alpha value is -4.13. The van der Waals surface area contributed by atoms with Crippen LogP contribution in [-0.2, 0) is 14.4 Å². The molecule has 3 amide bonds. The normalized spacial score (nSPS) is 15.8. The fourth-order valence-corrected chi connectivity index (χ4v) is 6.63. The molecule has 40 heavy (non-hydrogen) atoms. The third kappa shape index (κ3) is 5.08. The van der Waals surface area contributed by atoms with Gasteiger partial charge in [-0.25, -0.2) is 9.97 Å². The molecule has 1 saturated heterocycles. The van der Waals surface area contributed by atoms with Gasteiger partial charge in [0.2, 0.25) is 5.91 Å². The number of hydrogen-bond donors (Lipinski definition) is 2. The number of thiophene rings is 2. The molecule has 0 saturated carbocycles. The maximum absolute atomic E-state index is 12.5. The van der Waals surface area contributed by atoms with Crippen LogP contribution in [-0.4, -0.2) is 72.4 Å². The van der Waals surface area contributed by atoms with Crippen molar-refractivity contribution in [3.05, 3.63) is 59.1 Å². The Bertz CT molecular complexity index is 1650. The second-order valence-electron chi connectivity index (χ2n) is 9.49. The first-order valence-electron chi connectivity index (χ1n) is 12.8. The summed E-state index contributed by atoms with van der Waals surface area (Å²) in [5.74, 6) is 1.04. The first-order chi connectivity index (χ1) is 19.4. The molecule has 0 spiro atoms. The van der Waals surface area contributed by atoms with Crippen LogP contribution in [0, 0.1) is 6.92 Å². The minimum absolute atomic E-state index is 0.0487. The van der Waals surface area contributed by atoms with E-state index in [9.17, 15) is 14.4 Å². The third-order valence-electron chi connectivity index (χ3n) is 6.84. The first-order valence-corrected chi connectivity index (χ1v) is 14.4. The summed E-state index contributed by atoms with van der Waals surface area (Å²) >= 11 is 3.10. The monoisotopic (exact) mass is 574 g/mol. The number of ether oxygens (including phenoxy) is 1. The SMILES string of the molecule is Cc1c(-c2ccc(OCCN3CCNC(=O)C3)cc2)sc2nc(-c3cccs3)nc(N(C)C3=CC(=O)NC3=O)c12. The number of carbonyl (C=O) groups excluding carboxylic acids is 3. The predicted molar refractivity (Wildman–Crippen MR) is 155 cm³/mol. The highest BCUT2D eigenvalue weighted by Gasteiger charge is 2.29. The molecule has 1 fully saturated rings. The zero-order valence-electron chi connectivity index (χ0n) is 21.9. The van der Waals surface area contributed by atoms with Gasteiger partial charge in [-0.15, -0.1) is 22.7 Å². The van der Waals surface area contributed by atoms with E-state index in [4.69, 9.17) is 14.7 Å². The second-order valence-corrected chi connectivity index (χ2v) is 11.4. The number of aryl methyl sites for hydroxylation is 1. The Morgan fingerprint density at radius 3 is 2.65 bits per heavy atom. The summed E-state index contributed by atoms with van der Waals surface area (Å²) < 4.78 is 5.94. The summed E-state index contributed by atoms with van der Waals surface area (Å²) in [7, 11) is 1.74. The number of fused-ring (bicyclic) bond motifs is 1. The van der Waals surface area contributed by atoms with Gasteiger partial charge in [0.05, 0.1) is 16.8 Å². The zero-order valence-corrected chi connectivity index (χ0v) is 23.5. The Balaban J connectivity index is 1.30. The van der Waals surface area contributed by atoms with E-state index in [2.05, 4.69) is 15.5 Å². The lowest BCUT2D eigenvalue weighted by molar-refractivity contribution is -0.125. The summed E-state index contributed by atoms with van der Waals surface area (Å²) in [6.07, 6.45) is 1.29. The van der Waals surface area contributed by atoms with E-state index in [1.54, 1.807) is 23.3 Å². The molecule has 2 N–H and O–H groups in total. The number of nitrogens with zero attached hydrogens (tertiary/aromatic N) is 4. The molecule has 0 atom stereocenters. The van der Waals surface area contributed by atoms with Crippen molar-refractivity contribution in [3.63, 3.8) is 0 Å². The van der Waals surface area contributed by atoms with Crippen LogP contribution in [0.5, 0.6) is 5.75 Å². The van der Waals surface area contributed by atoms with Crippen molar-refractivity contribution in [2.24, 2.45) is 0 Å². The summed E-state index contributed by atoms with van der Waals surface area (Å²) in [6, 6.07) is 11.8. The largest absolute Gasteiger partial charge is 0.492 e. The fraction of sp³-hybridized carbons (Fsp3) is 0.250. The number of nitrogens with one attached hydrogen (secondary N) is 2. The molecule has 0 bridgehead atoms. The molecule has 2 aliphatic rings. The van der Waals surface area contributed by atoms with Crippen LogP contribution in [0.2, 0.25) is 0 Å². The van der Waals surface area contributed by atoms with Crippen LogP contribution in [0.3, 0.4) is 0 Å². The van der Waals surface area contributed by atoms with Gasteiger partial charge in [0.25, 0.3) is 11.8 Å². The average molecular weight is 575 g/mol. The predicted octanol–water partition coefficient (Wildman–Crippen LogP) is 3.18. The van der Waals surface area contributed by atoms with Gasteiger partial charge in [0.15, 0.2) is 5.82 Å². The van der Waals surface area contributed by atoms with Crippen LogP contribution >= 0.6 is 22.7 Å². The lowest BCUT2D eigenvalue weighted by atomic mass is 10.1. The van der Waals surface area contributed by atoms with Crippen molar-refractivity contribution in [3.8, 4) is 26.9 Å². The molecule has 0 aliphatic carbocycles. The Morgan fingerprint density at radius 2 is 1.95 bits per heavy atom. The van der Waals surface area contributed by atoms with E-state index in [1.807, 2.05) is 48.7 Å². The maximum Gasteiger partial charge on any atom is 0.274 e. The molecule has 204 valence electrons. The van der Waals surface area contributed by atoms with Gasteiger partial charge in [0.1, 0.15) is 28.7 Å². The smallest absolute Gasteiger partial charge is 0.274 e. The lowest BCUT2D eigenvalue weighted by Gasteiger charge is -2.26. The zero-order chi connectivity index (χ0) is 27.8. The average Bonchev–Trinajstić information content (AvgIpc) is 3.68. The molecule has 5 heterocycles. The van der Waals surface area contributed by atoms with E-state index in [0.29, 0.717) is 37.9 Å². The lowest BCUT2D eigenvalue weighted by Crippen LogP contribution is -2.48. The maximum atomic E-state index is 12.5. The quantitative estimate of drug-likeness (QED) is 0.308. The molecular weight excluding hydrogens is 548 g/mol. The van der Waals surface area contributed by atoms with Gasteiger partial charge < -0.3 is 15.0 Å². The molecule has 2 aliphatic heterocycles. The summed E-state index contributed by atoms with van der Waals surface area (Å²) in [5.41, 5.74) is 2.24. The molecule has 0 unspecified atom stereocenters. The van der Waals surface area contributed by atoms with Gasteiger partial charge in [-0.3, -0.25) is 24.6 Å². The summed E-state index contributed by atoms with van der Waals surface area (Å²) in [5, 5.41) is 7.94. The fourth-order valence-electron chi connectivity index (χ4n) is 4.79. The number of carbonyl (C=O) groups is 3. The molecule has 4 aromatic rings. The van der Waals surface area contributed by atoms with E-state index >= 15 is 0 Å². The molecule has 1 aromatic carbocycles. The van der Waals surface area contributed by atoms with Crippen molar-refractivity contribution < 1.29 is 19.1 Å². The van der Waals surface area contributed by atoms with Crippen LogP contribution in [0.4, 0.5) is 5.82 Å². The summed E-state index contributed by atoms with van der Waals surface area (Å²) in [6.45, 7) is 5.10. The molecule has 12 heteroatoms. The first kappa shape index (κ1) is 26.1. The number of aromatic nitrogens is 2. The van der Waals surface area contributed by atoms with Gasteiger partial charge >= 0.3 is 0 Å². The van der Waals surface area contributed by atoms with Crippen molar-refractivity contribution in [2.75, 3.05) is 44.7 Å². The minimum Gasteiger partial charge on any atom is -0.492 e. The molecular formula is C28H26N6O4S2. The van der Waals surface area contributed by atoms with Gasteiger partial charge in [-0.05, 0) is 53.8 Å². The van der Waals surface area contributed by atoms with Crippen molar-refractivity contribution >= 4 is 56.4 Å². The molecule has 6 rings (SSSR count). The topological polar surface area (TPSA) is 117 Å². The second kappa shape index (κ2) is 10.8. The van der Waals surface area contributed by atoms with Crippen molar-refractivity contribution in [2.45, 2.75) is 6.92 Å². The Labute approximate surface area is 238 Å². The highest BCUT2D eigenvalue weighted by molar-refractivity contribution is 7.22. The number of likely N-dealkylation sites (N-methyl/N-ethyl adjacent to an activating group) is 1. The van der Waals surface area contributed by atoms with E-state index in [0.717, 1.165) is 43.4 Å². The number of anilines is 1. The van der Waals surface area contributed by atoms with Crippen LogP contribution < -0.4 is 20.3 Å². The minimum atomic E-state index is -0.454. The number of rotatable bonds is 8. The number of piperazine rings is 1. The van der Waals surface area contributed by atoms with Crippen molar-refractivity contribution in [1.29, 1.82) is 0 Å². The van der Waals surface area contributed by atoms with Gasteiger partial charge in [-0.2, -0.15) is 0 Å². The van der Waals surface area contributed by atoms with Crippen molar-refractivity contribution in [1.82, 2.24) is 25.5 Å². The van der Waals surface area contributed by atoms with E-state index < -0.39 is 11.8 Å². The highest BCUT2D eigenvalue weighted by Crippen LogP contribution is 2.43. The molecule has 3 aromatic heterocycles. The van der Waals surface area contributed by atoms with Crippen LogP contribution in [0.25, 0.3) is 31.4 Å². The van der Waals surface area contributed by atoms with E-state index in [1.165, 1.54) is 17.4 Å². The Morgan fingerprint density at radius 1 is 1.12 bits per heavy atom. The highest BCUT2D eigenvalue weighted by atomic mass is 32.1. The number of benzene rings is 1. The number of hydrogen-bond acceptors (Lipinski definition) is 10. The van der Waals surface area contributed by atoms with E-state index in [-0.39, 0.29) is 11.6 Å². The molecule has 10 nitrogen and oxygen atoms in total. The summed E-state index contributed by atoms with van der Waals surface area (Å²) in [4.78, 5) is 52.1. The number of imide groups is 1. The Kier molecular flexibility index (Phi) is 7.05. The molecule has 0 radical (unpaired) electrons. The van der Waals surface area contributed by atoms with Gasteiger partial charge in [0, 0.05) is 37.6 Å². The standard InChI is InChI=1S/C28H26N6O4S2/c1-16-23-26(33(2)19-14-21(35)30-27(19)37)31-25(20-4-3-13-39-20)32-28(23)40-24(16)17-5-7-18(8-6-17)38-12-11-34-10-9-29-22(36)15-34/h3-8,13-14H,9-12,15H2,1-2H3,(H,29,36)(H,30,35,37). The van der Waals surface area contributed by atoms with Crippen LogP contribution in [0.15, 0.2) is 53.6 Å². The van der Waals surface area contributed by atoms with Crippen LogP contribution in [0.1, 0.15) is 5.56 Å². The van der Waals surface area contributed by atoms with Gasteiger partial charge in [-0.1, -0.05) is 6.07 Å².